The lowest BCUT2D eigenvalue weighted by molar-refractivity contribution is 0.329. The number of hydrogen-bond acceptors (Lipinski definition) is 3. The Balaban J connectivity index is 1.63. The minimum atomic E-state index is 0.571. The maximum Gasteiger partial charge on any atom is 0.154 e. The van der Waals surface area contributed by atoms with E-state index < -0.39 is 0 Å². The monoisotopic (exact) mass is 268 g/mol. The fourth-order valence-electron chi connectivity index (χ4n) is 4.23. The molecule has 0 amide bonds. The molecule has 2 aromatic rings. The quantitative estimate of drug-likeness (QED) is 0.899. The Labute approximate surface area is 118 Å². The summed E-state index contributed by atoms with van der Waals surface area (Å²) in [6, 6.07) is 5.93. The Morgan fingerprint density at radius 1 is 1.25 bits per heavy atom. The van der Waals surface area contributed by atoms with Gasteiger partial charge in [-0.2, -0.15) is 5.10 Å². The summed E-state index contributed by atoms with van der Waals surface area (Å²) in [5.74, 6) is 3.27. The van der Waals surface area contributed by atoms with Crippen LogP contribution in [0.5, 0.6) is 0 Å². The largest absolute Gasteiger partial charge is 0.382 e. The third kappa shape index (κ3) is 1.90. The number of nitrogen functional groups attached to an aromatic ring is 1. The predicted octanol–water partition coefficient (Wildman–Crippen LogP) is 3.03. The summed E-state index contributed by atoms with van der Waals surface area (Å²) in [7, 11) is 0. The van der Waals surface area contributed by atoms with E-state index in [2.05, 4.69) is 15.2 Å². The zero-order valence-corrected chi connectivity index (χ0v) is 11.5. The van der Waals surface area contributed by atoms with Gasteiger partial charge in [-0.05, 0) is 55.6 Å². The average molecular weight is 268 g/mol. The summed E-state index contributed by atoms with van der Waals surface area (Å²) in [5.41, 5.74) is 9.14. The van der Waals surface area contributed by atoms with E-state index in [-0.39, 0.29) is 0 Å². The van der Waals surface area contributed by atoms with Crippen molar-refractivity contribution in [2.75, 3.05) is 5.73 Å². The number of nitrogens with one attached hydrogen (secondary N) is 1. The molecule has 0 aliphatic heterocycles. The minimum Gasteiger partial charge on any atom is -0.382 e. The number of hydrogen-bond donors (Lipinski definition) is 2. The van der Waals surface area contributed by atoms with Crippen LogP contribution in [0, 0.1) is 17.8 Å². The highest BCUT2D eigenvalue weighted by atomic mass is 15.2. The molecule has 4 nitrogen and oxygen atoms in total. The molecule has 2 heterocycles. The summed E-state index contributed by atoms with van der Waals surface area (Å²) >= 11 is 0. The molecule has 4 heteroatoms. The molecule has 4 rings (SSSR count). The molecule has 2 fully saturated rings. The second kappa shape index (κ2) is 4.62. The van der Waals surface area contributed by atoms with Gasteiger partial charge in [-0.25, -0.2) is 0 Å². The smallest absolute Gasteiger partial charge is 0.154 e. The van der Waals surface area contributed by atoms with Gasteiger partial charge in [-0.15, -0.1) is 0 Å². The van der Waals surface area contributed by atoms with Gasteiger partial charge >= 0.3 is 0 Å². The van der Waals surface area contributed by atoms with Crippen molar-refractivity contribution in [3.8, 4) is 11.3 Å². The Kier molecular flexibility index (Phi) is 2.76. The molecule has 0 aromatic carbocycles. The lowest BCUT2D eigenvalue weighted by Crippen LogP contribution is -2.14. The lowest BCUT2D eigenvalue weighted by Gasteiger charge is -2.21. The van der Waals surface area contributed by atoms with Gasteiger partial charge in [-0.1, -0.05) is 12.5 Å². The van der Waals surface area contributed by atoms with Crippen molar-refractivity contribution in [1.82, 2.24) is 15.2 Å². The summed E-state index contributed by atoms with van der Waals surface area (Å²) in [6.45, 7) is 0. The van der Waals surface area contributed by atoms with E-state index in [9.17, 15) is 0 Å². The third-order valence-corrected chi connectivity index (χ3v) is 5.14. The van der Waals surface area contributed by atoms with Crippen LogP contribution in [0.15, 0.2) is 24.4 Å². The molecule has 0 radical (unpaired) electrons. The molecule has 0 saturated heterocycles. The maximum atomic E-state index is 6.04. The van der Waals surface area contributed by atoms with Crippen LogP contribution in [0.25, 0.3) is 11.3 Å². The first kappa shape index (κ1) is 11.9. The number of aromatic nitrogens is 3. The normalized spacial score (nSPS) is 28.1. The van der Waals surface area contributed by atoms with Crippen LogP contribution in [0.1, 0.15) is 31.4 Å². The molecular formula is C16H20N4. The zero-order chi connectivity index (χ0) is 13.5. The lowest BCUT2D eigenvalue weighted by atomic mass is 9.85. The third-order valence-electron chi connectivity index (χ3n) is 5.14. The fraction of sp³-hybridized carbons (Fsp3) is 0.500. The van der Waals surface area contributed by atoms with E-state index >= 15 is 0 Å². The molecule has 0 spiro atoms. The molecule has 104 valence electrons. The van der Waals surface area contributed by atoms with Gasteiger partial charge in [0, 0.05) is 11.9 Å². The first-order valence-corrected chi connectivity index (χ1v) is 7.55. The Hall–Kier alpha value is -1.84. The number of nitrogens with two attached hydrogens (primary N) is 1. The van der Waals surface area contributed by atoms with E-state index in [4.69, 9.17) is 5.73 Å². The van der Waals surface area contributed by atoms with E-state index in [1.807, 2.05) is 24.4 Å². The molecule has 2 aliphatic carbocycles. The average Bonchev–Trinajstić information content (AvgIpc) is 3.16. The highest BCUT2D eigenvalue weighted by Gasteiger charge is 2.39. The van der Waals surface area contributed by atoms with Gasteiger partial charge in [0.05, 0.1) is 11.3 Å². The molecule has 20 heavy (non-hydrogen) atoms. The van der Waals surface area contributed by atoms with E-state index in [0.29, 0.717) is 5.82 Å². The SMILES string of the molecule is Nc1n[nH]c(CC2CC3CCC2C3)c1-c1ccccn1. The van der Waals surface area contributed by atoms with Crippen molar-refractivity contribution in [2.24, 2.45) is 17.8 Å². The predicted molar refractivity (Wildman–Crippen MR) is 78.9 cm³/mol. The van der Waals surface area contributed by atoms with Gasteiger partial charge in [0.25, 0.3) is 0 Å². The first-order chi connectivity index (χ1) is 9.81. The maximum absolute atomic E-state index is 6.04. The first-order valence-electron chi connectivity index (χ1n) is 7.55. The van der Waals surface area contributed by atoms with E-state index in [1.54, 1.807) is 0 Å². The van der Waals surface area contributed by atoms with Gasteiger partial charge in [0.15, 0.2) is 5.82 Å². The van der Waals surface area contributed by atoms with Crippen LogP contribution in [-0.4, -0.2) is 15.2 Å². The summed E-state index contributed by atoms with van der Waals surface area (Å²) in [5, 5.41) is 7.35. The van der Waals surface area contributed by atoms with Crippen molar-refractivity contribution in [3.63, 3.8) is 0 Å². The highest BCUT2D eigenvalue weighted by Crippen LogP contribution is 2.49. The van der Waals surface area contributed by atoms with Crippen LogP contribution in [-0.2, 0) is 6.42 Å². The molecule has 2 aromatic heterocycles. The molecule has 3 atom stereocenters. The molecular weight excluding hydrogens is 248 g/mol. The van der Waals surface area contributed by atoms with Gasteiger partial charge in [0.1, 0.15) is 0 Å². The van der Waals surface area contributed by atoms with Crippen LogP contribution in [0.4, 0.5) is 5.82 Å². The second-order valence-electron chi connectivity index (χ2n) is 6.32. The molecule has 3 N–H and O–H groups in total. The second-order valence-corrected chi connectivity index (χ2v) is 6.32. The van der Waals surface area contributed by atoms with Gasteiger partial charge in [0.2, 0.25) is 0 Å². The van der Waals surface area contributed by atoms with Crippen molar-refractivity contribution >= 4 is 5.82 Å². The number of fused-ring (bicyclic) bond motifs is 2. The molecule has 3 unspecified atom stereocenters. The Morgan fingerprint density at radius 2 is 2.20 bits per heavy atom. The van der Waals surface area contributed by atoms with Crippen LogP contribution in [0.2, 0.25) is 0 Å². The number of nitrogens with zero attached hydrogens (tertiary/aromatic N) is 2. The molecule has 2 aliphatic rings. The number of aromatic amines is 1. The Bertz CT molecular complexity index is 604. The van der Waals surface area contributed by atoms with Gasteiger partial charge in [-0.3, -0.25) is 10.1 Å². The van der Waals surface area contributed by atoms with Gasteiger partial charge < -0.3 is 5.73 Å². The standard InChI is InChI=1S/C16H20N4/c17-16-15(13-3-1-2-6-18-13)14(19-20-16)9-12-8-10-4-5-11(12)7-10/h1-3,6,10-12H,4-5,7-9H2,(H3,17,19,20). The number of H-pyrrole nitrogens is 1. The number of pyridine rings is 1. The zero-order valence-electron chi connectivity index (χ0n) is 11.5. The molecule has 2 saturated carbocycles. The summed E-state index contributed by atoms with van der Waals surface area (Å²) in [6.07, 6.45) is 8.55. The van der Waals surface area contributed by atoms with Crippen LogP contribution >= 0.6 is 0 Å². The minimum absolute atomic E-state index is 0.571. The Morgan fingerprint density at radius 3 is 2.90 bits per heavy atom. The summed E-state index contributed by atoms with van der Waals surface area (Å²) in [4.78, 5) is 4.43. The van der Waals surface area contributed by atoms with Crippen molar-refractivity contribution in [2.45, 2.75) is 32.1 Å². The van der Waals surface area contributed by atoms with Crippen molar-refractivity contribution < 1.29 is 0 Å². The van der Waals surface area contributed by atoms with Crippen LogP contribution < -0.4 is 5.73 Å². The number of rotatable bonds is 3. The fourth-order valence-corrected chi connectivity index (χ4v) is 4.23. The van der Waals surface area contributed by atoms with Crippen molar-refractivity contribution in [3.05, 3.63) is 30.1 Å². The van der Waals surface area contributed by atoms with E-state index in [1.165, 1.54) is 31.4 Å². The van der Waals surface area contributed by atoms with E-state index in [0.717, 1.165) is 35.4 Å². The summed E-state index contributed by atoms with van der Waals surface area (Å²) < 4.78 is 0. The number of anilines is 1. The van der Waals surface area contributed by atoms with Crippen molar-refractivity contribution in [1.29, 1.82) is 0 Å². The van der Waals surface area contributed by atoms with Crippen LogP contribution in [0.3, 0.4) is 0 Å². The topological polar surface area (TPSA) is 67.6 Å². The molecule has 2 bridgehead atoms. The highest BCUT2D eigenvalue weighted by molar-refractivity contribution is 5.73.